The molecule has 0 saturated carbocycles. The molecule has 0 bridgehead atoms. The van der Waals surface area contributed by atoms with E-state index < -0.39 is 23.4 Å². The van der Waals surface area contributed by atoms with Crippen molar-refractivity contribution in [1.82, 2.24) is 4.90 Å². The van der Waals surface area contributed by atoms with Crippen LogP contribution in [0.1, 0.15) is 38.3 Å². The fourth-order valence-electron chi connectivity index (χ4n) is 2.48. The zero-order valence-electron chi connectivity index (χ0n) is 16.2. The van der Waals surface area contributed by atoms with Gasteiger partial charge >= 0.3 is 12.3 Å². The molecule has 0 N–H and O–H groups in total. The van der Waals surface area contributed by atoms with Crippen LogP contribution in [-0.4, -0.2) is 36.8 Å². The van der Waals surface area contributed by atoms with Crippen molar-refractivity contribution < 1.29 is 60.1 Å². The number of amides is 1. The Morgan fingerprint density at radius 1 is 1.26 bits per heavy atom. The molecule has 4 nitrogen and oxygen atoms in total. The molecule has 1 aliphatic heterocycles. The van der Waals surface area contributed by atoms with Crippen molar-refractivity contribution in [3.05, 3.63) is 42.8 Å². The van der Waals surface area contributed by atoms with E-state index in [1.807, 2.05) is 6.08 Å². The molecule has 0 spiro atoms. The number of hydrogen-bond donors (Lipinski definition) is 0. The molecule has 0 fully saturated rings. The minimum absolute atomic E-state index is 0. The predicted molar refractivity (Wildman–Crippen MR) is 93.6 cm³/mol. The Labute approximate surface area is 184 Å². The summed E-state index contributed by atoms with van der Waals surface area (Å²) in [6.45, 7) is 6.06. The monoisotopic (exact) mass is 460 g/mol. The molecule has 1 aromatic carbocycles. The minimum Gasteiger partial charge on any atom is -0.522 e. The van der Waals surface area contributed by atoms with Crippen molar-refractivity contribution in [2.24, 2.45) is 0 Å². The van der Waals surface area contributed by atoms with Gasteiger partial charge in [0.25, 0.3) is 0 Å². The zero-order chi connectivity index (χ0) is 18.8. The first-order valence-electron chi connectivity index (χ1n) is 7.85. The van der Waals surface area contributed by atoms with E-state index in [0.717, 1.165) is 6.07 Å². The molecule has 8 heteroatoms. The summed E-state index contributed by atoms with van der Waals surface area (Å²) in [6.07, 6.45) is -2.47. The van der Waals surface area contributed by atoms with Crippen molar-refractivity contribution >= 4 is 11.7 Å². The van der Waals surface area contributed by atoms with Crippen LogP contribution in [0.4, 0.5) is 18.0 Å². The van der Waals surface area contributed by atoms with Crippen molar-refractivity contribution in [2.45, 2.75) is 39.0 Å². The van der Waals surface area contributed by atoms with Gasteiger partial charge in [0.15, 0.2) is 0 Å². The van der Waals surface area contributed by atoms with Crippen LogP contribution in [0.15, 0.2) is 18.2 Å². The van der Waals surface area contributed by atoms with Crippen LogP contribution in [0.3, 0.4) is 0 Å². The minimum atomic E-state index is -4.49. The molecular formula is C19H24F3NO3Y-2. The molecule has 149 valence electrons. The number of benzene rings is 1. The van der Waals surface area contributed by atoms with E-state index in [9.17, 15) is 18.0 Å². The standard InChI is InChI=1S/C18H21F3NO3.CH3.Y/c1-17(2,3)25-16(23)22-9-5-6-12(11-22)14-8-7-13(18(19,20)21)10-15(14)24-4;;/h6,8,10H,5,9,11H2,1-4H3;1H3;/q2*-1;. The van der Waals surface area contributed by atoms with Gasteiger partial charge in [-0.25, -0.2) is 4.79 Å². The molecule has 0 saturated heterocycles. The van der Waals surface area contributed by atoms with E-state index >= 15 is 0 Å². The normalized spacial score (nSPS) is 14.5. The molecule has 1 aliphatic rings. The largest absolute Gasteiger partial charge is 0.522 e. The van der Waals surface area contributed by atoms with Crippen LogP contribution < -0.4 is 4.74 Å². The molecule has 1 amide bonds. The quantitative estimate of drug-likeness (QED) is 0.585. The van der Waals surface area contributed by atoms with Crippen molar-refractivity contribution in [1.29, 1.82) is 0 Å². The van der Waals surface area contributed by atoms with Crippen LogP contribution in [0.2, 0.25) is 0 Å². The van der Waals surface area contributed by atoms with Gasteiger partial charge in [0, 0.05) is 51.5 Å². The number of halogens is 3. The summed E-state index contributed by atoms with van der Waals surface area (Å²) in [4.78, 5) is 13.7. The van der Waals surface area contributed by atoms with Gasteiger partial charge in [0.1, 0.15) is 5.60 Å². The van der Waals surface area contributed by atoms with Crippen molar-refractivity contribution in [3.8, 4) is 5.75 Å². The molecule has 1 heterocycles. The fourth-order valence-corrected chi connectivity index (χ4v) is 2.48. The number of ether oxygens (including phenoxy) is 2. The van der Waals surface area contributed by atoms with E-state index in [-0.39, 0.29) is 52.4 Å². The second-order valence-corrected chi connectivity index (χ2v) is 6.75. The van der Waals surface area contributed by atoms with E-state index in [0.29, 0.717) is 24.1 Å². The number of rotatable bonds is 2. The third-order valence-corrected chi connectivity index (χ3v) is 3.59. The van der Waals surface area contributed by atoms with Gasteiger partial charge in [-0.1, -0.05) is 22.8 Å². The average Bonchev–Trinajstić information content (AvgIpc) is 2.52. The number of nitrogens with zero attached hydrogens (tertiary/aromatic N) is 1. The summed E-state index contributed by atoms with van der Waals surface area (Å²) in [5, 5.41) is 0. The van der Waals surface area contributed by atoms with Gasteiger partial charge in [0.2, 0.25) is 0 Å². The van der Waals surface area contributed by atoms with Crippen LogP contribution in [0, 0.1) is 13.5 Å². The van der Waals surface area contributed by atoms with Crippen LogP contribution in [0.25, 0.3) is 5.57 Å². The molecule has 1 aromatic rings. The van der Waals surface area contributed by atoms with E-state index in [4.69, 9.17) is 9.47 Å². The molecule has 1 radical (unpaired) electrons. The maximum absolute atomic E-state index is 12.8. The van der Waals surface area contributed by atoms with E-state index in [1.54, 1.807) is 20.8 Å². The first-order valence-corrected chi connectivity index (χ1v) is 7.85. The Kier molecular flexibility index (Phi) is 9.52. The molecular weight excluding hydrogens is 436 g/mol. The van der Waals surface area contributed by atoms with Crippen molar-refractivity contribution in [3.63, 3.8) is 0 Å². The van der Waals surface area contributed by atoms with Crippen LogP contribution >= 0.6 is 0 Å². The topological polar surface area (TPSA) is 38.8 Å². The SMILES string of the molecule is COc1cc(C(F)(F)F)[c-]cc1C1=CCCN(C(=O)OC(C)(C)C)C1.[CH3-].[Y]. The number of carbonyl (C=O) groups is 1. The average molecular weight is 460 g/mol. The molecule has 0 unspecified atom stereocenters. The number of alkyl halides is 3. The third kappa shape index (κ3) is 7.11. The second-order valence-electron chi connectivity index (χ2n) is 6.75. The van der Waals surface area contributed by atoms with Gasteiger partial charge in [-0.3, -0.25) is 0 Å². The van der Waals surface area contributed by atoms with Gasteiger partial charge in [0.05, 0.1) is 7.11 Å². The summed E-state index contributed by atoms with van der Waals surface area (Å²) in [5.74, 6) is 0.100. The Bertz CT molecular complexity index is 682. The number of hydrogen-bond acceptors (Lipinski definition) is 3. The third-order valence-electron chi connectivity index (χ3n) is 3.59. The number of methoxy groups -OCH3 is 1. The molecule has 0 aromatic heterocycles. The number of carbonyl (C=O) groups excluding carboxylic acids is 1. The Hall–Kier alpha value is -1.08. The molecule has 0 atom stereocenters. The zero-order valence-corrected chi connectivity index (χ0v) is 19.1. The van der Waals surface area contributed by atoms with Gasteiger partial charge in [-0.2, -0.15) is 25.3 Å². The summed E-state index contributed by atoms with van der Waals surface area (Å²) in [6, 6.07) is 4.43. The van der Waals surface area contributed by atoms with Crippen LogP contribution in [-0.2, 0) is 43.6 Å². The molecule has 0 aliphatic carbocycles. The molecule has 27 heavy (non-hydrogen) atoms. The van der Waals surface area contributed by atoms with E-state index in [2.05, 4.69) is 6.07 Å². The van der Waals surface area contributed by atoms with Gasteiger partial charge in [-0.05, 0) is 27.2 Å². The molecule has 2 rings (SSSR count). The second kappa shape index (κ2) is 9.92. The first kappa shape index (κ1) is 25.9. The summed E-state index contributed by atoms with van der Waals surface area (Å²) in [7, 11) is 1.31. The van der Waals surface area contributed by atoms with E-state index in [1.165, 1.54) is 18.1 Å². The Morgan fingerprint density at radius 3 is 2.41 bits per heavy atom. The summed E-state index contributed by atoms with van der Waals surface area (Å²) >= 11 is 0. The van der Waals surface area contributed by atoms with Gasteiger partial charge in [-0.15, -0.1) is 6.07 Å². The van der Waals surface area contributed by atoms with Crippen molar-refractivity contribution in [2.75, 3.05) is 20.2 Å². The maximum atomic E-state index is 12.8. The van der Waals surface area contributed by atoms with Gasteiger partial charge < -0.3 is 21.8 Å². The maximum Gasteiger partial charge on any atom is 0.410 e. The first-order chi connectivity index (χ1) is 11.5. The summed E-state index contributed by atoms with van der Waals surface area (Å²) in [5.41, 5.74) is -0.311. The fraction of sp³-hybridized carbons (Fsp3) is 0.474. The smallest absolute Gasteiger partial charge is 0.410 e. The Morgan fingerprint density at radius 2 is 1.89 bits per heavy atom. The predicted octanol–water partition coefficient (Wildman–Crippen LogP) is 4.99. The summed E-state index contributed by atoms with van der Waals surface area (Å²) < 4.78 is 49.0. The Balaban J connectivity index is 0.00000338. The van der Waals surface area contributed by atoms with Crippen LogP contribution in [0.5, 0.6) is 5.75 Å².